The highest BCUT2D eigenvalue weighted by molar-refractivity contribution is 7.13. The fourth-order valence-electron chi connectivity index (χ4n) is 2.99. The first kappa shape index (κ1) is 15.5. The van der Waals surface area contributed by atoms with Crippen molar-refractivity contribution in [2.75, 3.05) is 13.1 Å². The van der Waals surface area contributed by atoms with Crippen LogP contribution in [0, 0.1) is 0 Å². The summed E-state index contributed by atoms with van der Waals surface area (Å²) >= 11 is 3.22. The van der Waals surface area contributed by atoms with E-state index >= 15 is 0 Å². The van der Waals surface area contributed by atoms with Crippen LogP contribution in [0.5, 0.6) is 0 Å². The van der Waals surface area contributed by atoms with Crippen molar-refractivity contribution in [1.29, 1.82) is 0 Å². The fourth-order valence-corrected chi connectivity index (χ4v) is 4.33. The highest BCUT2D eigenvalue weighted by Crippen LogP contribution is 2.29. The van der Waals surface area contributed by atoms with E-state index in [9.17, 15) is 4.79 Å². The summed E-state index contributed by atoms with van der Waals surface area (Å²) in [6.45, 7) is 1.48. The summed E-state index contributed by atoms with van der Waals surface area (Å²) < 4.78 is 5.47. The van der Waals surface area contributed by atoms with Crippen molar-refractivity contribution in [2.24, 2.45) is 0 Å². The molecule has 0 bridgehead atoms. The van der Waals surface area contributed by atoms with Crippen LogP contribution in [0.1, 0.15) is 29.5 Å². The molecule has 7 heteroatoms. The third-order valence-electron chi connectivity index (χ3n) is 4.21. The Hall–Kier alpha value is -1.99. The number of nitrogens with zero attached hydrogens (tertiary/aromatic N) is 3. The van der Waals surface area contributed by atoms with Gasteiger partial charge in [0.1, 0.15) is 0 Å². The maximum atomic E-state index is 12.5. The van der Waals surface area contributed by atoms with E-state index in [1.165, 1.54) is 0 Å². The predicted molar refractivity (Wildman–Crippen MR) is 94.2 cm³/mol. The molecule has 124 valence electrons. The van der Waals surface area contributed by atoms with Gasteiger partial charge in [-0.1, -0.05) is 17.3 Å². The van der Waals surface area contributed by atoms with E-state index in [1.54, 1.807) is 22.7 Å². The van der Waals surface area contributed by atoms with Gasteiger partial charge < -0.3 is 9.42 Å². The molecule has 5 nitrogen and oxygen atoms in total. The molecule has 0 aromatic carbocycles. The topological polar surface area (TPSA) is 59.2 Å². The lowest BCUT2D eigenvalue weighted by Gasteiger charge is -2.31. The smallest absolute Gasteiger partial charge is 0.231 e. The molecular formula is C17H17N3O2S2. The molecule has 4 heterocycles. The largest absolute Gasteiger partial charge is 0.342 e. The molecule has 1 aliphatic rings. The number of likely N-dealkylation sites (tertiary alicyclic amines) is 1. The van der Waals surface area contributed by atoms with Crippen LogP contribution in [0.4, 0.5) is 0 Å². The first-order valence-electron chi connectivity index (χ1n) is 7.97. The van der Waals surface area contributed by atoms with Gasteiger partial charge >= 0.3 is 0 Å². The maximum Gasteiger partial charge on any atom is 0.231 e. The summed E-state index contributed by atoms with van der Waals surface area (Å²) in [5, 5.41) is 8.09. The summed E-state index contributed by atoms with van der Waals surface area (Å²) in [7, 11) is 0. The van der Waals surface area contributed by atoms with E-state index in [1.807, 2.05) is 39.9 Å². The lowest BCUT2D eigenvalue weighted by Crippen LogP contribution is -2.39. The molecule has 0 saturated carbocycles. The van der Waals surface area contributed by atoms with Crippen LogP contribution in [0.25, 0.3) is 10.7 Å². The summed E-state index contributed by atoms with van der Waals surface area (Å²) in [5.41, 5.74) is 0. The number of aromatic nitrogens is 2. The third kappa shape index (κ3) is 3.27. The molecule has 1 fully saturated rings. The highest BCUT2D eigenvalue weighted by atomic mass is 32.1. The summed E-state index contributed by atoms with van der Waals surface area (Å²) in [6, 6.07) is 7.95. The molecule has 4 rings (SSSR count). The van der Waals surface area contributed by atoms with Crippen molar-refractivity contribution in [3.63, 3.8) is 0 Å². The molecule has 1 amide bonds. The molecular weight excluding hydrogens is 342 g/mol. The molecule has 3 aromatic rings. The zero-order chi connectivity index (χ0) is 16.4. The van der Waals surface area contributed by atoms with Gasteiger partial charge in [-0.25, -0.2) is 0 Å². The minimum Gasteiger partial charge on any atom is -0.342 e. The lowest BCUT2D eigenvalue weighted by atomic mass is 9.97. The molecule has 0 N–H and O–H groups in total. The van der Waals surface area contributed by atoms with Crippen molar-refractivity contribution in [2.45, 2.75) is 25.2 Å². The highest BCUT2D eigenvalue weighted by Gasteiger charge is 2.28. The summed E-state index contributed by atoms with van der Waals surface area (Å²) in [5.74, 6) is 1.60. The normalized spacial score (nSPS) is 18.0. The first-order chi connectivity index (χ1) is 11.8. The van der Waals surface area contributed by atoms with Crippen molar-refractivity contribution in [1.82, 2.24) is 15.0 Å². The molecule has 1 atom stereocenters. The fraction of sp³-hybridized carbons (Fsp3) is 0.353. The van der Waals surface area contributed by atoms with Gasteiger partial charge in [-0.2, -0.15) is 4.98 Å². The van der Waals surface area contributed by atoms with E-state index in [2.05, 4.69) is 10.1 Å². The lowest BCUT2D eigenvalue weighted by molar-refractivity contribution is -0.131. The van der Waals surface area contributed by atoms with Crippen molar-refractivity contribution in [3.05, 3.63) is 45.8 Å². The van der Waals surface area contributed by atoms with Crippen LogP contribution in [0.2, 0.25) is 0 Å². The molecule has 0 spiro atoms. The third-order valence-corrected chi connectivity index (χ3v) is 5.95. The molecule has 3 aromatic heterocycles. The SMILES string of the molecule is O=C(Cc1cccs1)N1CCC[C@H](c2nc(-c3cccs3)no2)C1. The quantitative estimate of drug-likeness (QED) is 0.711. The number of thiophene rings is 2. The second-order valence-corrected chi connectivity index (χ2v) is 7.85. The number of rotatable bonds is 4. The predicted octanol–water partition coefficient (Wildman–Crippen LogP) is 3.81. The van der Waals surface area contributed by atoms with Crippen LogP contribution in [0.3, 0.4) is 0 Å². The molecule has 24 heavy (non-hydrogen) atoms. The standard InChI is InChI=1S/C17H17N3O2S2/c21-15(10-13-5-2-8-23-13)20-7-1-4-12(11-20)17-18-16(19-22-17)14-6-3-9-24-14/h2-3,5-6,8-9,12H,1,4,7,10-11H2/t12-/m0/s1. The van der Waals surface area contributed by atoms with Gasteiger partial charge in [-0.3, -0.25) is 4.79 Å². The van der Waals surface area contributed by atoms with Crippen LogP contribution >= 0.6 is 22.7 Å². The Bertz CT molecular complexity index is 796. The zero-order valence-corrected chi connectivity index (χ0v) is 14.7. The second kappa shape index (κ2) is 6.86. The molecule has 1 saturated heterocycles. The van der Waals surface area contributed by atoms with Gasteiger partial charge in [0.2, 0.25) is 17.6 Å². The van der Waals surface area contributed by atoms with Crippen molar-refractivity contribution < 1.29 is 9.32 Å². The van der Waals surface area contributed by atoms with Gasteiger partial charge in [0.25, 0.3) is 0 Å². The van der Waals surface area contributed by atoms with E-state index in [4.69, 9.17) is 4.52 Å². The summed E-state index contributed by atoms with van der Waals surface area (Å²) in [4.78, 5) is 21.1. The van der Waals surface area contributed by atoms with Crippen LogP contribution in [0.15, 0.2) is 39.5 Å². The Kier molecular flexibility index (Phi) is 4.44. The van der Waals surface area contributed by atoms with Gasteiger partial charge in [-0.05, 0) is 35.7 Å². The molecule has 1 aliphatic heterocycles. The van der Waals surface area contributed by atoms with Crippen LogP contribution in [-0.2, 0) is 11.2 Å². The zero-order valence-electron chi connectivity index (χ0n) is 13.1. The first-order valence-corrected chi connectivity index (χ1v) is 9.73. The average molecular weight is 359 g/mol. The van der Waals surface area contributed by atoms with E-state index in [0.29, 0.717) is 24.7 Å². The maximum absolute atomic E-state index is 12.5. The van der Waals surface area contributed by atoms with Crippen LogP contribution < -0.4 is 0 Å². The van der Waals surface area contributed by atoms with Gasteiger partial charge in [0, 0.05) is 18.0 Å². The van der Waals surface area contributed by atoms with E-state index in [0.717, 1.165) is 29.1 Å². The number of hydrogen-bond donors (Lipinski definition) is 0. The Morgan fingerprint density at radius 1 is 1.29 bits per heavy atom. The van der Waals surface area contributed by atoms with Gasteiger partial charge in [0.15, 0.2) is 0 Å². The van der Waals surface area contributed by atoms with Crippen molar-refractivity contribution in [3.8, 4) is 10.7 Å². The van der Waals surface area contributed by atoms with Gasteiger partial charge in [-0.15, -0.1) is 22.7 Å². The Labute approximate surface area is 147 Å². The Balaban J connectivity index is 1.44. The number of carbonyl (C=O) groups is 1. The van der Waals surface area contributed by atoms with Crippen LogP contribution in [-0.4, -0.2) is 34.0 Å². The van der Waals surface area contributed by atoms with Gasteiger partial charge in [0.05, 0.1) is 17.2 Å². The summed E-state index contributed by atoms with van der Waals surface area (Å²) in [6.07, 6.45) is 2.43. The minimum atomic E-state index is 0.132. The second-order valence-electron chi connectivity index (χ2n) is 5.87. The minimum absolute atomic E-state index is 0.132. The van der Waals surface area contributed by atoms with E-state index < -0.39 is 0 Å². The molecule has 0 aliphatic carbocycles. The number of amides is 1. The Morgan fingerprint density at radius 3 is 2.96 bits per heavy atom. The average Bonchev–Trinajstić information content (AvgIpc) is 3.36. The number of hydrogen-bond acceptors (Lipinski definition) is 6. The number of carbonyl (C=O) groups excluding carboxylic acids is 1. The molecule has 0 unspecified atom stereocenters. The van der Waals surface area contributed by atoms with Crippen molar-refractivity contribution >= 4 is 28.6 Å². The number of piperidine rings is 1. The monoisotopic (exact) mass is 359 g/mol. The van der Waals surface area contributed by atoms with E-state index in [-0.39, 0.29) is 11.8 Å². The molecule has 0 radical (unpaired) electrons. The Morgan fingerprint density at radius 2 is 2.17 bits per heavy atom.